The zero-order valence-corrected chi connectivity index (χ0v) is 18.0. The van der Waals surface area contributed by atoms with Gasteiger partial charge in [0.25, 0.3) is 0 Å². The van der Waals surface area contributed by atoms with E-state index in [4.69, 9.17) is 16.3 Å². The van der Waals surface area contributed by atoms with Crippen molar-refractivity contribution in [1.82, 2.24) is 0 Å². The molecule has 154 valence electrons. The quantitative estimate of drug-likeness (QED) is 0.368. The lowest BCUT2D eigenvalue weighted by molar-refractivity contribution is -0.119. The molecular weight excluding hydrogens is 406 g/mol. The molecular formula is C27H22ClNO2. The van der Waals surface area contributed by atoms with Crippen LogP contribution in [0.2, 0.25) is 5.02 Å². The second-order valence-electron chi connectivity index (χ2n) is 7.82. The Labute approximate surface area is 186 Å². The summed E-state index contributed by atoms with van der Waals surface area (Å²) in [5.74, 6) is 0.898. The first-order valence-electron chi connectivity index (χ1n) is 10.3. The van der Waals surface area contributed by atoms with Gasteiger partial charge in [-0.2, -0.15) is 0 Å². The van der Waals surface area contributed by atoms with Gasteiger partial charge < -0.3 is 9.64 Å². The molecule has 1 heterocycles. The van der Waals surface area contributed by atoms with Gasteiger partial charge in [-0.15, -0.1) is 0 Å². The Morgan fingerprint density at radius 2 is 1.68 bits per heavy atom. The molecule has 0 saturated heterocycles. The molecule has 1 unspecified atom stereocenters. The second-order valence-corrected chi connectivity index (χ2v) is 8.23. The summed E-state index contributed by atoms with van der Waals surface area (Å²) in [6, 6.07) is 28.3. The lowest BCUT2D eigenvalue weighted by Crippen LogP contribution is -2.36. The summed E-state index contributed by atoms with van der Waals surface area (Å²) in [5.41, 5.74) is 4.20. The average molecular weight is 428 g/mol. The van der Waals surface area contributed by atoms with Crippen LogP contribution in [0.5, 0.6) is 5.75 Å². The molecule has 1 aliphatic rings. The first kappa shape index (κ1) is 19.7. The van der Waals surface area contributed by atoms with E-state index >= 15 is 0 Å². The van der Waals surface area contributed by atoms with Crippen LogP contribution in [-0.2, 0) is 11.3 Å². The largest absolute Gasteiger partial charge is 0.497 e. The van der Waals surface area contributed by atoms with Crippen LogP contribution < -0.4 is 9.64 Å². The first-order chi connectivity index (χ1) is 15.2. The van der Waals surface area contributed by atoms with Gasteiger partial charge in [-0.25, -0.2) is 0 Å². The van der Waals surface area contributed by atoms with Crippen molar-refractivity contribution >= 4 is 34.0 Å². The fraction of sp³-hybridized carbons (Fsp3) is 0.148. The first-order valence-corrected chi connectivity index (χ1v) is 10.7. The molecule has 0 aliphatic carbocycles. The SMILES string of the molecule is COc1ccc(C2CC(=O)N(Cc3ccccc3Cl)c3ccc4ccccc4c32)cc1. The maximum Gasteiger partial charge on any atom is 0.228 e. The summed E-state index contributed by atoms with van der Waals surface area (Å²) in [4.78, 5) is 15.3. The predicted octanol–water partition coefficient (Wildman–Crippen LogP) is 6.57. The number of halogens is 1. The summed E-state index contributed by atoms with van der Waals surface area (Å²) in [5, 5.41) is 3.03. The van der Waals surface area contributed by atoms with Crippen LogP contribution in [0.1, 0.15) is 29.0 Å². The zero-order chi connectivity index (χ0) is 21.4. The van der Waals surface area contributed by atoms with E-state index in [1.807, 2.05) is 47.4 Å². The molecule has 4 aromatic carbocycles. The van der Waals surface area contributed by atoms with Crippen LogP contribution in [0.25, 0.3) is 10.8 Å². The van der Waals surface area contributed by atoms with Gasteiger partial charge in [0.15, 0.2) is 0 Å². The Bertz CT molecular complexity index is 1270. The number of benzene rings is 4. The molecule has 1 amide bonds. The van der Waals surface area contributed by atoms with Gasteiger partial charge in [-0.3, -0.25) is 4.79 Å². The van der Waals surface area contributed by atoms with Crippen LogP contribution in [0.15, 0.2) is 84.9 Å². The van der Waals surface area contributed by atoms with Crippen molar-refractivity contribution < 1.29 is 9.53 Å². The van der Waals surface area contributed by atoms with E-state index in [0.29, 0.717) is 18.0 Å². The summed E-state index contributed by atoms with van der Waals surface area (Å²) in [6.07, 6.45) is 0.414. The number of amides is 1. The monoisotopic (exact) mass is 427 g/mol. The van der Waals surface area contributed by atoms with Crippen LogP contribution in [0.3, 0.4) is 0 Å². The molecule has 31 heavy (non-hydrogen) atoms. The lowest BCUT2D eigenvalue weighted by atomic mass is 9.81. The van der Waals surface area contributed by atoms with Crippen molar-refractivity contribution in [2.45, 2.75) is 18.9 Å². The third-order valence-corrected chi connectivity index (χ3v) is 6.44. The van der Waals surface area contributed by atoms with Crippen LogP contribution in [0, 0.1) is 0 Å². The molecule has 5 rings (SSSR count). The molecule has 0 N–H and O–H groups in total. The third-order valence-electron chi connectivity index (χ3n) is 6.07. The van der Waals surface area contributed by atoms with Gasteiger partial charge in [0.2, 0.25) is 5.91 Å². The number of hydrogen-bond donors (Lipinski definition) is 0. The van der Waals surface area contributed by atoms with Gasteiger partial charge in [0.05, 0.1) is 13.7 Å². The van der Waals surface area contributed by atoms with Crippen molar-refractivity contribution in [3.63, 3.8) is 0 Å². The molecule has 0 spiro atoms. The van der Waals surface area contributed by atoms with Gasteiger partial charge in [0, 0.05) is 23.0 Å². The van der Waals surface area contributed by atoms with Crippen molar-refractivity contribution in [2.24, 2.45) is 0 Å². The zero-order valence-electron chi connectivity index (χ0n) is 17.2. The van der Waals surface area contributed by atoms with Crippen LogP contribution in [-0.4, -0.2) is 13.0 Å². The average Bonchev–Trinajstić information content (AvgIpc) is 2.81. The molecule has 3 nitrogen and oxygen atoms in total. The van der Waals surface area contributed by atoms with E-state index in [2.05, 4.69) is 42.5 Å². The molecule has 1 aliphatic heterocycles. The number of carbonyl (C=O) groups is 1. The van der Waals surface area contributed by atoms with Gasteiger partial charge in [-0.05, 0) is 51.7 Å². The van der Waals surface area contributed by atoms with Gasteiger partial charge >= 0.3 is 0 Å². The maximum absolute atomic E-state index is 13.4. The standard InChI is InChI=1S/C27H22ClNO2/c1-31-21-13-10-19(11-14-21)23-16-26(30)29(17-20-7-3-5-9-24(20)28)25-15-12-18-6-2-4-8-22(18)27(23)25/h2-15,23H,16-17H2,1H3. The number of ether oxygens (including phenoxy) is 1. The summed E-state index contributed by atoms with van der Waals surface area (Å²) >= 11 is 6.42. The molecule has 0 bridgehead atoms. The maximum atomic E-state index is 13.4. The van der Waals surface area contributed by atoms with E-state index in [0.717, 1.165) is 22.6 Å². The normalized spacial score (nSPS) is 15.7. The van der Waals surface area contributed by atoms with Gasteiger partial charge in [-0.1, -0.05) is 72.3 Å². The Morgan fingerprint density at radius 1 is 0.935 bits per heavy atom. The number of hydrogen-bond acceptors (Lipinski definition) is 2. The number of nitrogens with zero attached hydrogens (tertiary/aromatic N) is 1. The van der Waals surface area contributed by atoms with Crippen molar-refractivity contribution in [1.29, 1.82) is 0 Å². The third kappa shape index (κ3) is 3.55. The van der Waals surface area contributed by atoms with Crippen LogP contribution >= 0.6 is 11.6 Å². The number of fused-ring (bicyclic) bond motifs is 3. The minimum atomic E-state index is -0.0120. The Morgan fingerprint density at radius 3 is 2.45 bits per heavy atom. The number of carbonyl (C=O) groups excluding carboxylic acids is 1. The molecule has 0 aromatic heterocycles. The lowest BCUT2D eigenvalue weighted by Gasteiger charge is -2.35. The van der Waals surface area contributed by atoms with Crippen LogP contribution in [0.4, 0.5) is 5.69 Å². The summed E-state index contributed by atoms with van der Waals surface area (Å²) < 4.78 is 5.32. The highest BCUT2D eigenvalue weighted by Gasteiger charge is 2.33. The predicted molar refractivity (Wildman–Crippen MR) is 126 cm³/mol. The molecule has 0 saturated carbocycles. The number of methoxy groups -OCH3 is 1. The Kier molecular flexibility index (Phi) is 5.13. The van der Waals surface area contributed by atoms with E-state index < -0.39 is 0 Å². The van der Waals surface area contributed by atoms with Crippen molar-refractivity contribution in [3.05, 3.63) is 107 Å². The van der Waals surface area contributed by atoms with E-state index in [1.165, 1.54) is 16.3 Å². The Balaban J connectivity index is 1.67. The highest BCUT2D eigenvalue weighted by Crippen LogP contribution is 2.44. The molecule has 1 atom stereocenters. The number of anilines is 1. The smallest absolute Gasteiger partial charge is 0.228 e. The van der Waals surface area contributed by atoms with Crippen molar-refractivity contribution in [3.8, 4) is 5.75 Å². The van der Waals surface area contributed by atoms with E-state index in [1.54, 1.807) is 7.11 Å². The highest BCUT2D eigenvalue weighted by molar-refractivity contribution is 6.31. The second kappa shape index (κ2) is 8.09. The summed E-state index contributed by atoms with van der Waals surface area (Å²) in [7, 11) is 1.66. The Hall–Kier alpha value is -3.30. The van der Waals surface area contributed by atoms with Gasteiger partial charge in [0.1, 0.15) is 5.75 Å². The fourth-order valence-corrected chi connectivity index (χ4v) is 4.69. The van der Waals surface area contributed by atoms with E-state index in [9.17, 15) is 4.79 Å². The molecule has 4 heteroatoms. The minimum Gasteiger partial charge on any atom is -0.497 e. The summed E-state index contributed by atoms with van der Waals surface area (Å²) in [6.45, 7) is 0.458. The highest BCUT2D eigenvalue weighted by atomic mass is 35.5. The van der Waals surface area contributed by atoms with E-state index in [-0.39, 0.29) is 11.8 Å². The molecule has 0 radical (unpaired) electrons. The topological polar surface area (TPSA) is 29.5 Å². The minimum absolute atomic E-state index is 0.0120. The van der Waals surface area contributed by atoms with Crippen molar-refractivity contribution in [2.75, 3.05) is 12.0 Å². The molecule has 0 fully saturated rings. The molecule has 4 aromatic rings. The number of rotatable bonds is 4. The fourth-order valence-electron chi connectivity index (χ4n) is 4.50.